The maximum atomic E-state index is 12.3. The zero-order valence-corrected chi connectivity index (χ0v) is 15.9. The summed E-state index contributed by atoms with van der Waals surface area (Å²) >= 11 is 0. The zero-order valence-electron chi connectivity index (χ0n) is 13.4. The molecule has 1 aromatic carbocycles. The van der Waals surface area contributed by atoms with Gasteiger partial charge in [-0.05, 0) is 25.1 Å². The molecular weight excluding hydrogens is 362 g/mol. The van der Waals surface area contributed by atoms with Crippen molar-refractivity contribution in [3.8, 4) is 0 Å². The van der Waals surface area contributed by atoms with E-state index in [0.717, 1.165) is 17.3 Å². The van der Waals surface area contributed by atoms with E-state index in [1.165, 1.54) is 38.4 Å². The number of sulfonamides is 2. The summed E-state index contributed by atoms with van der Waals surface area (Å²) < 4.78 is 52.5. The van der Waals surface area contributed by atoms with E-state index in [-0.39, 0.29) is 28.7 Å². The lowest BCUT2D eigenvalue weighted by atomic mass is 10.4. The minimum atomic E-state index is -3.89. The monoisotopic (exact) mass is 385 g/mol. The molecule has 0 unspecified atom stereocenters. The molecule has 0 saturated heterocycles. The van der Waals surface area contributed by atoms with Crippen LogP contribution in [0, 0.1) is 0 Å². The summed E-state index contributed by atoms with van der Waals surface area (Å²) in [4.78, 5) is -0.465. The quantitative estimate of drug-likeness (QED) is 0.608. The van der Waals surface area contributed by atoms with Gasteiger partial charge in [-0.3, -0.25) is 0 Å². The molecule has 0 heterocycles. The van der Waals surface area contributed by atoms with Crippen molar-refractivity contribution >= 4 is 32.5 Å². The van der Waals surface area contributed by atoms with Crippen LogP contribution in [-0.4, -0.2) is 54.9 Å². The number of hydrogen-bond donors (Lipinski definition) is 2. The van der Waals surface area contributed by atoms with Gasteiger partial charge in [0.25, 0.3) is 0 Å². The predicted octanol–water partition coefficient (Wildman–Crippen LogP) is 0.637. The summed E-state index contributed by atoms with van der Waals surface area (Å²) in [7, 11) is -5.00. The molecule has 0 radical (unpaired) electrons. The van der Waals surface area contributed by atoms with Crippen LogP contribution in [0.1, 0.15) is 13.3 Å². The Kier molecular flexibility index (Phi) is 9.26. The van der Waals surface area contributed by atoms with Gasteiger partial charge in [-0.25, -0.2) is 25.9 Å². The largest absolute Gasteiger partial charge is 0.315 e. The topological polar surface area (TPSA) is 95.6 Å². The number of halogens is 1. The highest BCUT2D eigenvalue weighted by molar-refractivity contribution is 7.92. The Morgan fingerprint density at radius 1 is 0.957 bits per heavy atom. The van der Waals surface area contributed by atoms with E-state index in [2.05, 4.69) is 10.0 Å². The first-order chi connectivity index (χ1) is 10.2. The first-order valence-electron chi connectivity index (χ1n) is 6.95. The van der Waals surface area contributed by atoms with Crippen molar-refractivity contribution in [2.45, 2.75) is 23.1 Å². The van der Waals surface area contributed by atoms with Crippen LogP contribution in [0.4, 0.5) is 0 Å². The molecule has 0 aliphatic rings. The Labute approximate surface area is 145 Å². The molecule has 0 bridgehead atoms. The molecule has 0 amide bonds. The van der Waals surface area contributed by atoms with Crippen LogP contribution >= 0.6 is 12.4 Å². The third-order valence-corrected chi connectivity index (χ3v) is 6.44. The summed E-state index contributed by atoms with van der Waals surface area (Å²) in [5.74, 6) is 0. The molecule has 10 heteroatoms. The Morgan fingerprint density at radius 3 is 2.04 bits per heavy atom. The first kappa shape index (κ1) is 22.3. The van der Waals surface area contributed by atoms with Crippen molar-refractivity contribution in [1.29, 1.82) is 0 Å². The SMILES string of the molecule is CCCNCCNS(=O)(=O)c1ccccc1S(=O)(=O)N(C)C.Cl. The molecule has 0 fully saturated rings. The Bertz CT molecular complexity index is 691. The van der Waals surface area contributed by atoms with E-state index in [1.807, 2.05) is 6.92 Å². The van der Waals surface area contributed by atoms with Gasteiger partial charge < -0.3 is 5.32 Å². The summed E-state index contributed by atoms with van der Waals surface area (Å²) in [6.07, 6.45) is 0.955. The fourth-order valence-corrected chi connectivity index (χ4v) is 4.46. The smallest absolute Gasteiger partial charge is 0.243 e. The number of nitrogens with one attached hydrogen (secondary N) is 2. The summed E-state index contributed by atoms with van der Waals surface area (Å²) in [6, 6.07) is 5.58. The van der Waals surface area contributed by atoms with Crippen LogP contribution in [-0.2, 0) is 20.0 Å². The van der Waals surface area contributed by atoms with Gasteiger partial charge in [-0.1, -0.05) is 19.1 Å². The third kappa shape index (κ3) is 6.02. The van der Waals surface area contributed by atoms with Crippen LogP contribution in [0.5, 0.6) is 0 Å². The van der Waals surface area contributed by atoms with Crippen LogP contribution in [0.3, 0.4) is 0 Å². The van der Waals surface area contributed by atoms with Crippen molar-refractivity contribution in [3.05, 3.63) is 24.3 Å². The molecule has 0 aromatic heterocycles. The lowest BCUT2D eigenvalue weighted by Gasteiger charge is -2.15. The van der Waals surface area contributed by atoms with Crippen molar-refractivity contribution in [3.63, 3.8) is 0 Å². The van der Waals surface area contributed by atoms with E-state index in [9.17, 15) is 16.8 Å². The highest BCUT2D eigenvalue weighted by Gasteiger charge is 2.27. The van der Waals surface area contributed by atoms with E-state index < -0.39 is 20.0 Å². The Balaban J connectivity index is 0.00000484. The second-order valence-electron chi connectivity index (χ2n) is 4.88. The summed E-state index contributed by atoms with van der Waals surface area (Å²) in [5, 5.41) is 3.07. The molecule has 0 aliphatic heterocycles. The first-order valence-corrected chi connectivity index (χ1v) is 9.87. The number of rotatable bonds is 9. The lowest BCUT2D eigenvalue weighted by Crippen LogP contribution is -2.33. The van der Waals surface area contributed by atoms with E-state index >= 15 is 0 Å². The number of nitrogens with zero attached hydrogens (tertiary/aromatic N) is 1. The number of hydrogen-bond acceptors (Lipinski definition) is 5. The third-order valence-electron chi connectivity index (χ3n) is 2.92. The Morgan fingerprint density at radius 2 is 1.52 bits per heavy atom. The molecule has 1 rings (SSSR count). The number of benzene rings is 1. The zero-order chi connectivity index (χ0) is 16.8. The maximum Gasteiger partial charge on any atom is 0.243 e. The highest BCUT2D eigenvalue weighted by Crippen LogP contribution is 2.22. The van der Waals surface area contributed by atoms with Crippen molar-refractivity contribution in [2.75, 3.05) is 33.7 Å². The summed E-state index contributed by atoms with van der Waals surface area (Å²) in [6.45, 7) is 3.49. The average Bonchev–Trinajstić information content (AvgIpc) is 2.47. The van der Waals surface area contributed by atoms with Gasteiger partial charge in [0.05, 0.1) is 0 Å². The Hall–Kier alpha value is -0.710. The molecule has 23 heavy (non-hydrogen) atoms. The van der Waals surface area contributed by atoms with Gasteiger partial charge in [0, 0.05) is 27.2 Å². The van der Waals surface area contributed by atoms with Crippen LogP contribution < -0.4 is 10.0 Å². The van der Waals surface area contributed by atoms with Gasteiger partial charge in [0.15, 0.2) is 0 Å². The van der Waals surface area contributed by atoms with E-state index in [1.54, 1.807) is 0 Å². The van der Waals surface area contributed by atoms with Gasteiger partial charge in [0.2, 0.25) is 20.0 Å². The van der Waals surface area contributed by atoms with Crippen molar-refractivity contribution in [2.24, 2.45) is 0 Å². The van der Waals surface area contributed by atoms with Gasteiger partial charge in [-0.15, -0.1) is 12.4 Å². The van der Waals surface area contributed by atoms with E-state index in [0.29, 0.717) is 6.54 Å². The highest BCUT2D eigenvalue weighted by atomic mass is 35.5. The maximum absolute atomic E-state index is 12.3. The molecule has 0 saturated carbocycles. The second kappa shape index (κ2) is 9.55. The molecule has 2 N–H and O–H groups in total. The predicted molar refractivity (Wildman–Crippen MR) is 92.9 cm³/mol. The van der Waals surface area contributed by atoms with Crippen LogP contribution in [0.25, 0.3) is 0 Å². The van der Waals surface area contributed by atoms with Crippen molar-refractivity contribution < 1.29 is 16.8 Å². The fraction of sp³-hybridized carbons (Fsp3) is 0.538. The minimum absolute atomic E-state index is 0. The molecular formula is C13H24ClN3O4S2. The van der Waals surface area contributed by atoms with Crippen LogP contribution in [0.15, 0.2) is 34.1 Å². The minimum Gasteiger partial charge on any atom is -0.315 e. The van der Waals surface area contributed by atoms with Gasteiger partial charge in [-0.2, -0.15) is 0 Å². The normalized spacial score (nSPS) is 12.2. The van der Waals surface area contributed by atoms with E-state index in [4.69, 9.17) is 0 Å². The molecule has 1 aromatic rings. The van der Waals surface area contributed by atoms with Gasteiger partial charge >= 0.3 is 0 Å². The average molecular weight is 386 g/mol. The van der Waals surface area contributed by atoms with Crippen LogP contribution in [0.2, 0.25) is 0 Å². The second-order valence-corrected chi connectivity index (χ2v) is 8.74. The molecule has 7 nitrogen and oxygen atoms in total. The lowest BCUT2D eigenvalue weighted by molar-refractivity contribution is 0.516. The molecule has 0 spiro atoms. The molecule has 0 atom stereocenters. The molecule has 0 aliphatic carbocycles. The van der Waals surface area contributed by atoms with Crippen molar-refractivity contribution in [1.82, 2.24) is 14.3 Å². The summed E-state index contributed by atoms with van der Waals surface area (Å²) in [5.41, 5.74) is 0. The standard InChI is InChI=1S/C13H23N3O4S2.ClH/c1-4-9-14-10-11-15-21(17,18)12-7-5-6-8-13(12)22(19,20)16(2)3;/h5-8,14-15H,4,9-11H2,1-3H3;1H. The molecule has 134 valence electrons. The van der Waals surface area contributed by atoms with Gasteiger partial charge in [0.1, 0.15) is 9.79 Å². The fourth-order valence-electron chi connectivity index (χ4n) is 1.74.